The summed E-state index contributed by atoms with van der Waals surface area (Å²) in [7, 11) is 0. The van der Waals surface area contributed by atoms with E-state index in [-0.39, 0.29) is 6.73 Å². The molecule has 2 aromatic rings. The second kappa shape index (κ2) is 7.15. The summed E-state index contributed by atoms with van der Waals surface area (Å²) in [5.41, 5.74) is 1.48. The largest absolute Gasteiger partial charge is 0.472 e. The highest BCUT2D eigenvalue weighted by Crippen LogP contribution is 2.27. The number of ether oxygens (including phenoxy) is 1. The zero-order valence-corrected chi connectivity index (χ0v) is 12.7. The van der Waals surface area contributed by atoms with Crippen molar-refractivity contribution in [1.82, 2.24) is 10.3 Å². The van der Waals surface area contributed by atoms with Crippen LogP contribution in [0.2, 0.25) is 10.0 Å². The van der Waals surface area contributed by atoms with Crippen molar-refractivity contribution in [2.24, 2.45) is 0 Å². The van der Waals surface area contributed by atoms with Gasteiger partial charge in [0.25, 0.3) is 0 Å². The van der Waals surface area contributed by atoms with Gasteiger partial charge in [0.15, 0.2) is 6.73 Å². The number of aromatic nitrogens is 1. The lowest BCUT2D eigenvalue weighted by Gasteiger charge is -2.10. The van der Waals surface area contributed by atoms with E-state index in [1.807, 2.05) is 6.92 Å². The monoisotopic (exact) mass is 325 g/mol. The number of halogens is 2. The van der Waals surface area contributed by atoms with Crippen LogP contribution in [0.15, 0.2) is 36.5 Å². The first-order valence-electron chi connectivity index (χ1n) is 6.10. The van der Waals surface area contributed by atoms with Gasteiger partial charge in [0.2, 0.25) is 0 Å². The molecule has 0 bridgehead atoms. The van der Waals surface area contributed by atoms with Gasteiger partial charge >= 0.3 is 6.03 Å². The minimum absolute atomic E-state index is 0.0214. The number of carbonyl (C=O) groups is 1. The van der Waals surface area contributed by atoms with Crippen LogP contribution >= 0.6 is 23.2 Å². The number of rotatable bonds is 4. The Hall–Kier alpha value is -1.98. The van der Waals surface area contributed by atoms with Crippen LogP contribution in [-0.2, 0) is 0 Å². The van der Waals surface area contributed by atoms with Crippen LogP contribution in [0, 0.1) is 6.92 Å². The number of amides is 2. The highest BCUT2D eigenvalue weighted by molar-refractivity contribution is 6.35. The zero-order valence-electron chi connectivity index (χ0n) is 11.2. The van der Waals surface area contributed by atoms with Crippen molar-refractivity contribution in [2.75, 3.05) is 12.0 Å². The summed E-state index contributed by atoms with van der Waals surface area (Å²) in [4.78, 5) is 15.7. The van der Waals surface area contributed by atoms with Crippen LogP contribution in [0.5, 0.6) is 5.75 Å². The van der Waals surface area contributed by atoms with E-state index in [1.165, 1.54) is 0 Å². The summed E-state index contributed by atoms with van der Waals surface area (Å²) in [5, 5.41) is 6.08. The van der Waals surface area contributed by atoms with E-state index in [9.17, 15) is 4.79 Å². The standard InChI is InChI=1S/C14H13Cl2N3O2/c1-9-2-4-11(7-17-9)19-14(20)18-8-21-13-5-3-10(15)6-12(13)16/h2-7H,8H2,1H3,(H2,18,19,20). The fourth-order valence-corrected chi connectivity index (χ4v) is 1.95. The molecule has 0 saturated carbocycles. The quantitative estimate of drug-likeness (QED) is 0.839. The Morgan fingerprint density at radius 2 is 2.10 bits per heavy atom. The molecular formula is C14H13Cl2N3O2. The van der Waals surface area contributed by atoms with E-state index < -0.39 is 6.03 Å². The van der Waals surface area contributed by atoms with Gasteiger partial charge in [0.1, 0.15) is 5.75 Å². The molecule has 1 aromatic carbocycles. The molecule has 1 aromatic heterocycles. The molecule has 2 rings (SSSR count). The molecule has 1 heterocycles. The Balaban J connectivity index is 1.80. The van der Waals surface area contributed by atoms with E-state index in [4.69, 9.17) is 27.9 Å². The smallest absolute Gasteiger partial charge is 0.321 e. The molecule has 0 aliphatic rings. The number of aryl methyl sites for hydroxylation is 1. The summed E-state index contributed by atoms with van der Waals surface area (Å²) < 4.78 is 5.34. The maximum absolute atomic E-state index is 11.6. The third-order valence-corrected chi connectivity index (χ3v) is 3.05. The number of hydrogen-bond donors (Lipinski definition) is 2. The molecule has 0 saturated heterocycles. The van der Waals surface area contributed by atoms with Crippen molar-refractivity contribution in [3.63, 3.8) is 0 Å². The Morgan fingerprint density at radius 3 is 2.76 bits per heavy atom. The molecule has 5 nitrogen and oxygen atoms in total. The van der Waals surface area contributed by atoms with Crippen LogP contribution in [-0.4, -0.2) is 17.7 Å². The topological polar surface area (TPSA) is 63.2 Å². The zero-order chi connectivity index (χ0) is 15.2. The normalized spacial score (nSPS) is 10.0. The van der Waals surface area contributed by atoms with Gasteiger partial charge in [-0.1, -0.05) is 23.2 Å². The molecule has 110 valence electrons. The maximum atomic E-state index is 11.6. The minimum atomic E-state index is -0.397. The van der Waals surface area contributed by atoms with Gasteiger partial charge in [-0.25, -0.2) is 4.79 Å². The van der Waals surface area contributed by atoms with Crippen molar-refractivity contribution in [3.8, 4) is 5.75 Å². The van der Waals surface area contributed by atoms with Crippen molar-refractivity contribution in [1.29, 1.82) is 0 Å². The number of benzene rings is 1. The highest BCUT2D eigenvalue weighted by atomic mass is 35.5. The van der Waals surface area contributed by atoms with Gasteiger partial charge in [0, 0.05) is 10.7 Å². The Kier molecular flexibility index (Phi) is 5.25. The third kappa shape index (κ3) is 4.81. The molecule has 0 radical (unpaired) electrons. The van der Waals surface area contributed by atoms with Crippen LogP contribution in [0.25, 0.3) is 0 Å². The SMILES string of the molecule is Cc1ccc(NC(=O)NCOc2ccc(Cl)cc2Cl)cn1. The van der Waals surface area contributed by atoms with Crippen LogP contribution in [0.1, 0.15) is 5.69 Å². The van der Waals surface area contributed by atoms with Gasteiger partial charge in [-0.15, -0.1) is 0 Å². The van der Waals surface area contributed by atoms with Crippen LogP contribution in [0.4, 0.5) is 10.5 Å². The fraction of sp³-hybridized carbons (Fsp3) is 0.143. The average Bonchev–Trinajstić information content (AvgIpc) is 2.44. The molecule has 0 atom stereocenters. The first kappa shape index (κ1) is 15.4. The predicted octanol–water partition coefficient (Wildman–Crippen LogP) is 3.85. The number of anilines is 1. The lowest BCUT2D eigenvalue weighted by Crippen LogP contribution is -2.32. The van der Waals surface area contributed by atoms with E-state index in [0.29, 0.717) is 21.5 Å². The summed E-state index contributed by atoms with van der Waals surface area (Å²) in [6, 6.07) is 8.02. The molecule has 0 aliphatic heterocycles. The Labute approximate surface area is 132 Å². The van der Waals surface area contributed by atoms with Gasteiger partial charge in [-0.3, -0.25) is 4.98 Å². The van der Waals surface area contributed by atoms with Gasteiger partial charge in [0.05, 0.1) is 16.9 Å². The number of nitrogens with one attached hydrogen (secondary N) is 2. The Morgan fingerprint density at radius 1 is 1.29 bits per heavy atom. The summed E-state index contributed by atoms with van der Waals surface area (Å²) in [5.74, 6) is 0.443. The van der Waals surface area contributed by atoms with Gasteiger partial charge in [-0.2, -0.15) is 0 Å². The first-order chi connectivity index (χ1) is 10.0. The first-order valence-corrected chi connectivity index (χ1v) is 6.85. The third-order valence-electron chi connectivity index (χ3n) is 2.52. The van der Waals surface area contributed by atoms with Crippen molar-refractivity contribution in [3.05, 3.63) is 52.3 Å². The summed E-state index contributed by atoms with van der Waals surface area (Å²) >= 11 is 11.7. The van der Waals surface area contributed by atoms with E-state index in [0.717, 1.165) is 5.69 Å². The Bertz CT molecular complexity index is 633. The minimum Gasteiger partial charge on any atom is -0.472 e. The van der Waals surface area contributed by atoms with E-state index >= 15 is 0 Å². The molecule has 2 N–H and O–H groups in total. The maximum Gasteiger partial charge on any atom is 0.321 e. The number of hydrogen-bond acceptors (Lipinski definition) is 3. The second-order valence-electron chi connectivity index (χ2n) is 4.18. The van der Waals surface area contributed by atoms with Crippen molar-refractivity contribution >= 4 is 34.9 Å². The molecule has 0 aliphatic carbocycles. The average molecular weight is 326 g/mol. The lowest BCUT2D eigenvalue weighted by atomic mass is 10.3. The van der Waals surface area contributed by atoms with Crippen LogP contribution < -0.4 is 15.4 Å². The molecule has 7 heteroatoms. The molecule has 0 spiro atoms. The van der Waals surface area contributed by atoms with Gasteiger partial charge in [-0.05, 0) is 37.3 Å². The molecule has 21 heavy (non-hydrogen) atoms. The number of carbonyl (C=O) groups excluding carboxylic acids is 1. The van der Waals surface area contributed by atoms with Crippen LogP contribution in [0.3, 0.4) is 0 Å². The fourth-order valence-electron chi connectivity index (χ4n) is 1.49. The summed E-state index contributed by atoms with van der Waals surface area (Å²) in [6.45, 7) is 1.85. The highest BCUT2D eigenvalue weighted by Gasteiger charge is 2.04. The molecule has 2 amide bonds. The van der Waals surface area contributed by atoms with Crippen molar-refractivity contribution in [2.45, 2.75) is 6.92 Å². The van der Waals surface area contributed by atoms with Gasteiger partial charge < -0.3 is 15.4 Å². The second-order valence-corrected chi connectivity index (χ2v) is 5.03. The molecule has 0 fully saturated rings. The predicted molar refractivity (Wildman–Crippen MR) is 83.1 cm³/mol. The molecule has 0 unspecified atom stereocenters. The molecular weight excluding hydrogens is 313 g/mol. The summed E-state index contributed by atoms with van der Waals surface area (Å²) in [6.07, 6.45) is 1.58. The van der Waals surface area contributed by atoms with Crippen molar-refractivity contribution < 1.29 is 9.53 Å². The number of urea groups is 1. The van der Waals surface area contributed by atoms with E-state index in [2.05, 4.69) is 15.6 Å². The number of nitrogens with zero attached hydrogens (tertiary/aromatic N) is 1. The lowest BCUT2D eigenvalue weighted by molar-refractivity contribution is 0.234. The van der Waals surface area contributed by atoms with E-state index in [1.54, 1.807) is 36.5 Å². The number of pyridine rings is 1.